The maximum atomic E-state index is 12.6. The Kier molecular flexibility index (Phi) is 3.98. The quantitative estimate of drug-likeness (QED) is 0.931. The number of amides is 2. The fourth-order valence-corrected chi connectivity index (χ4v) is 3.42. The number of carbonyl (C=O) groups is 2. The molecule has 0 spiro atoms. The van der Waals surface area contributed by atoms with Crippen LogP contribution < -0.4 is 5.73 Å². The first-order chi connectivity index (χ1) is 10.6. The van der Waals surface area contributed by atoms with Crippen molar-refractivity contribution >= 4 is 23.2 Å². The molecule has 0 unspecified atom stereocenters. The number of nitrogens with zero attached hydrogens (tertiary/aromatic N) is 3. The first kappa shape index (κ1) is 14.8. The smallest absolute Gasteiger partial charge is 0.272 e. The highest BCUT2D eigenvalue weighted by Crippen LogP contribution is 2.25. The SMILES string of the molecule is Cn1nc(-c2cccs2)cc1C(=O)N1CCC(C(N)=O)CC1. The van der Waals surface area contributed by atoms with Crippen LogP contribution in [0, 0.1) is 5.92 Å². The molecule has 1 aliphatic rings. The summed E-state index contributed by atoms with van der Waals surface area (Å²) in [6.07, 6.45) is 1.27. The number of nitrogens with two attached hydrogens (primary N) is 1. The standard InChI is InChI=1S/C15H18N4O2S/c1-18-12(9-11(17-18)13-3-2-8-22-13)15(21)19-6-4-10(5-7-19)14(16)20/h2-3,8-10H,4-7H2,1H3,(H2,16,20). The summed E-state index contributed by atoms with van der Waals surface area (Å²) in [5, 5.41) is 6.40. The lowest BCUT2D eigenvalue weighted by Gasteiger charge is -2.30. The molecule has 7 heteroatoms. The molecule has 22 heavy (non-hydrogen) atoms. The Morgan fingerprint density at radius 2 is 2.09 bits per heavy atom. The molecule has 0 bridgehead atoms. The van der Waals surface area contributed by atoms with Gasteiger partial charge in [-0.2, -0.15) is 5.10 Å². The van der Waals surface area contributed by atoms with E-state index in [2.05, 4.69) is 5.10 Å². The highest BCUT2D eigenvalue weighted by Gasteiger charge is 2.28. The molecule has 0 aliphatic carbocycles. The first-order valence-electron chi connectivity index (χ1n) is 7.23. The van der Waals surface area contributed by atoms with Gasteiger partial charge >= 0.3 is 0 Å². The minimum absolute atomic E-state index is 0.0410. The molecule has 2 amide bonds. The number of carbonyl (C=O) groups excluding carboxylic acids is 2. The molecular weight excluding hydrogens is 300 g/mol. The van der Waals surface area contributed by atoms with Crippen molar-refractivity contribution in [1.82, 2.24) is 14.7 Å². The van der Waals surface area contributed by atoms with E-state index in [1.807, 2.05) is 23.6 Å². The van der Waals surface area contributed by atoms with Gasteiger partial charge in [-0.3, -0.25) is 14.3 Å². The molecule has 2 N–H and O–H groups in total. The molecule has 1 fully saturated rings. The molecule has 6 nitrogen and oxygen atoms in total. The maximum absolute atomic E-state index is 12.6. The van der Waals surface area contributed by atoms with Crippen LogP contribution in [0.4, 0.5) is 0 Å². The van der Waals surface area contributed by atoms with Gasteiger partial charge in [0.05, 0.1) is 4.88 Å². The van der Waals surface area contributed by atoms with E-state index in [1.165, 1.54) is 0 Å². The molecule has 3 rings (SSSR count). The molecule has 2 aromatic heterocycles. The zero-order valence-electron chi connectivity index (χ0n) is 12.4. The Balaban J connectivity index is 1.75. The van der Waals surface area contributed by atoms with Crippen LogP contribution in [-0.4, -0.2) is 39.6 Å². The van der Waals surface area contributed by atoms with Gasteiger partial charge in [-0.1, -0.05) is 6.07 Å². The topological polar surface area (TPSA) is 81.2 Å². The summed E-state index contributed by atoms with van der Waals surface area (Å²) in [6, 6.07) is 5.78. The van der Waals surface area contributed by atoms with Crippen molar-refractivity contribution in [3.05, 3.63) is 29.3 Å². The van der Waals surface area contributed by atoms with Gasteiger partial charge in [0, 0.05) is 26.1 Å². The Bertz CT molecular complexity index is 684. The van der Waals surface area contributed by atoms with Gasteiger partial charge in [0.15, 0.2) is 0 Å². The van der Waals surface area contributed by atoms with Crippen molar-refractivity contribution < 1.29 is 9.59 Å². The van der Waals surface area contributed by atoms with Crippen molar-refractivity contribution in [1.29, 1.82) is 0 Å². The molecular formula is C15H18N4O2S. The number of thiophene rings is 1. The van der Waals surface area contributed by atoms with E-state index in [4.69, 9.17) is 5.73 Å². The molecule has 3 heterocycles. The van der Waals surface area contributed by atoms with Crippen LogP contribution in [0.3, 0.4) is 0 Å². The van der Waals surface area contributed by atoms with Crippen molar-refractivity contribution in [2.45, 2.75) is 12.8 Å². The summed E-state index contributed by atoms with van der Waals surface area (Å²) in [5.41, 5.74) is 6.71. The average Bonchev–Trinajstić information content (AvgIpc) is 3.16. The van der Waals surface area contributed by atoms with Crippen LogP contribution in [0.5, 0.6) is 0 Å². The minimum Gasteiger partial charge on any atom is -0.369 e. The number of piperidine rings is 1. The van der Waals surface area contributed by atoms with Crippen molar-refractivity contribution in [3.63, 3.8) is 0 Å². The third-order valence-corrected chi connectivity index (χ3v) is 4.95. The Morgan fingerprint density at radius 1 is 1.36 bits per heavy atom. The minimum atomic E-state index is -0.271. The summed E-state index contributed by atoms with van der Waals surface area (Å²) in [5.74, 6) is -0.425. The monoisotopic (exact) mass is 318 g/mol. The van der Waals surface area contributed by atoms with Crippen molar-refractivity contribution in [2.75, 3.05) is 13.1 Å². The third kappa shape index (κ3) is 2.76. The van der Waals surface area contributed by atoms with E-state index in [-0.39, 0.29) is 17.7 Å². The van der Waals surface area contributed by atoms with Crippen LogP contribution in [0.2, 0.25) is 0 Å². The number of aromatic nitrogens is 2. The van der Waals surface area contributed by atoms with E-state index >= 15 is 0 Å². The average molecular weight is 318 g/mol. The van der Waals surface area contributed by atoms with E-state index in [1.54, 1.807) is 28.0 Å². The van der Waals surface area contributed by atoms with Crippen molar-refractivity contribution in [2.24, 2.45) is 18.7 Å². The van der Waals surface area contributed by atoms with Gasteiger partial charge in [-0.25, -0.2) is 0 Å². The zero-order chi connectivity index (χ0) is 15.7. The van der Waals surface area contributed by atoms with Crippen molar-refractivity contribution in [3.8, 4) is 10.6 Å². The molecule has 1 aliphatic heterocycles. The molecule has 0 radical (unpaired) electrons. The number of rotatable bonds is 3. The van der Waals surface area contributed by atoms with Crippen LogP contribution in [-0.2, 0) is 11.8 Å². The second-order valence-corrected chi connectivity index (χ2v) is 6.43. The van der Waals surface area contributed by atoms with E-state index in [9.17, 15) is 9.59 Å². The predicted octanol–water partition coefficient (Wildman–Crippen LogP) is 1.49. The van der Waals surface area contributed by atoms with Gasteiger partial charge < -0.3 is 10.6 Å². The summed E-state index contributed by atoms with van der Waals surface area (Å²) in [6.45, 7) is 1.12. The second-order valence-electron chi connectivity index (χ2n) is 5.48. The normalized spacial score (nSPS) is 16.0. The molecule has 1 saturated heterocycles. The van der Waals surface area contributed by atoms with Crippen LogP contribution in [0.15, 0.2) is 23.6 Å². The Hall–Kier alpha value is -2.15. The fourth-order valence-electron chi connectivity index (χ4n) is 2.74. The van der Waals surface area contributed by atoms with Gasteiger partial charge in [0.2, 0.25) is 5.91 Å². The van der Waals surface area contributed by atoms with Crippen LogP contribution >= 0.6 is 11.3 Å². The predicted molar refractivity (Wildman–Crippen MR) is 84.3 cm³/mol. The number of aryl methyl sites for hydroxylation is 1. The molecule has 0 saturated carbocycles. The first-order valence-corrected chi connectivity index (χ1v) is 8.10. The molecule has 0 aromatic carbocycles. The van der Waals surface area contributed by atoms with Crippen LogP contribution in [0.25, 0.3) is 10.6 Å². The highest BCUT2D eigenvalue weighted by atomic mass is 32.1. The number of likely N-dealkylation sites (tertiary alicyclic amines) is 1. The molecule has 116 valence electrons. The van der Waals surface area contributed by atoms with Crippen LogP contribution in [0.1, 0.15) is 23.3 Å². The van der Waals surface area contributed by atoms with Gasteiger partial charge in [0.1, 0.15) is 11.4 Å². The Morgan fingerprint density at radius 3 is 2.68 bits per heavy atom. The third-order valence-electron chi connectivity index (χ3n) is 4.06. The zero-order valence-corrected chi connectivity index (χ0v) is 13.2. The summed E-state index contributed by atoms with van der Waals surface area (Å²) >= 11 is 1.60. The number of hydrogen-bond donors (Lipinski definition) is 1. The Labute approximate surface area is 132 Å². The summed E-state index contributed by atoms with van der Waals surface area (Å²) < 4.78 is 1.62. The van der Waals surface area contributed by atoms with E-state index in [0.717, 1.165) is 10.6 Å². The number of hydrogen-bond acceptors (Lipinski definition) is 4. The van der Waals surface area contributed by atoms with E-state index in [0.29, 0.717) is 31.6 Å². The lowest BCUT2D eigenvalue weighted by atomic mass is 9.96. The van der Waals surface area contributed by atoms with Gasteiger partial charge in [-0.15, -0.1) is 11.3 Å². The maximum Gasteiger partial charge on any atom is 0.272 e. The summed E-state index contributed by atoms with van der Waals surface area (Å²) in [4.78, 5) is 26.6. The highest BCUT2D eigenvalue weighted by molar-refractivity contribution is 7.13. The summed E-state index contributed by atoms with van der Waals surface area (Å²) in [7, 11) is 1.78. The molecule has 2 aromatic rings. The van der Waals surface area contributed by atoms with Gasteiger partial charge in [-0.05, 0) is 30.4 Å². The second kappa shape index (κ2) is 5.92. The fraction of sp³-hybridized carbons (Fsp3) is 0.400. The largest absolute Gasteiger partial charge is 0.369 e. The lowest BCUT2D eigenvalue weighted by Crippen LogP contribution is -2.42. The molecule has 0 atom stereocenters. The van der Waals surface area contributed by atoms with Gasteiger partial charge in [0.25, 0.3) is 5.91 Å². The van der Waals surface area contributed by atoms with E-state index < -0.39 is 0 Å². The lowest BCUT2D eigenvalue weighted by molar-refractivity contribution is -0.123. The number of primary amides is 1.